The number of rotatable bonds is 3. The van der Waals surface area contributed by atoms with Crippen molar-refractivity contribution >= 4 is 43.8 Å². The second kappa shape index (κ2) is 6.83. The van der Waals surface area contributed by atoms with Gasteiger partial charge in [0.2, 0.25) is 10.0 Å². The van der Waals surface area contributed by atoms with Crippen molar-refractivity contribution in [1.29, 1.82) is 0 Å². The maximum atomic E-state index is 11.5. The van der Waals surface area contributed by atoms with Crippen LogP contribution >= 0.6 is 11.3 Å². The highest BCUT2D eigenvalue weighted by molar-refractivity contribution is 7.92. The number of sulfonamides is 1. The molecule has 2 aromatic carbocycles. The Hall–Kier alpha value is -2.64. The molecule has 0 bridgehead atoms. The number of fused-ring (bicyclic) bond motifs is 2. The van der Waals surface area contributed by atoms with Gasteiger partial charge >= 0.3 is 0 Å². The smallest absolute Gasteiger partial charge is 0.229 e. The van der Waals surface area contributed by atoms with E-state index in [-0.39, 0.29) is 0 Å². The van der Waals surface area contributed by atoms with E-state index in [1.165, 1.54) is 22.5 Å². The molecule has 0 radical (unpaired) electrons. The molecule has 138 valence electrons. The molecule has 3 aromatic rings. The van der Waals surface area contributed by atoms with Crippen molar-refractivity contribution in [3.8, 4) is 0 Å². The van der Waals surface area contributed by atoms with Crippen molar-refractivity contribution in [3.63, 3.8) is 0 Å². The van der Waals surface area contributed by atoms with Crippen LogP contribution in [0, 0.1) is 0 Å². The van der Waals surface area contributed by atoms with Crippen LogP contribution in [0.3, 0.4) is 0 Å². The number of hydrogen-bond donors (Lipinski definition) is 2. The van der Waals surface area contributed by atoms with Crippen LogP contribution in [0.25, 0.3) is 11.6 Å². The van der Waals surface area contributed by atoms with Gasteiger partial charge < -0.3 is 5.73 Å². The molecule has 0 amide bonds. The first-order valence-corrected chi connectivity index (χ1v) is 11.2. The Bertz CT molecular complexity index is 1150. The van der Waals surface area contributed by atoms with E-state index in [2.05, 4.69) is 27.9 Å². The number of nitrogens with two attached hydrogens (primary N) is 1. The lowest BCUT2D eigenvalue weighted by Gasteiger charge is -2.10. The molecule has 0 aliphatic heterocycles. The average molecular weight is 398 g/mol. The van der Waals surface area contributed by atoms with Crippen molar-refractivity contribution in [1.82, 2.24) is 4.98 Å². The Morgan fingerprint density at radius 1 is 1.15 bits per heavy atom. The second-order valence-electron chi connectivity index (χ2n) is 6.54. The van der Waals surface area contributed by atoms with Crippen LogP contribution in [-0.2, 0) is 22.9 Å². The summed E-state index contributed by atoms with van der Waals surface area (Å²) < 4.78 is 25.6. The molecular weight excluding hydrogens is 378 g/mol. The summed E-state index contributed by atoms with van der Waals surface area (Å²) in [5.74, 6) is 0. The molecule has 7 heteroatoms. The van der Waals surface area contributed by atoms with Crippen molar-refractivity contribution < 1.29 is 8.42 Å². The molecule has 0 spiro atoms. The molecule has 0 saturated carbocycles. The standard InChI is InChI=1S/C20H19N3O2S2/c1-27(24,25)23-15-7-4-5-13(11-15)12-17-16-8-3-2-6-14(16)9-10-18-19(17)26-20(21)22-18/h2-8,11-12,23H,9-10H2,1H3,(H2,21,22). The normalized spacial score (nSPS) is 15.1. The van der Waals surface area contributed by atoms with Crippen molar-refractivity contribution in [2.75, 3.05) is 16.7 Å². The average Bonchev–Trinajstić information content (AvgIpc) is 2.91. The number of benzene rings is 2. The molecule has 3 N–H and O–H groups in total. The lowest BCUT2D eigenvalue weighted by molar-refractivity contribution is 0.607. The van der Waals surface area contributed by atoms with E-state index in [1.54, 1.807) is 6.07 Å². The fourth-order valence-electron chi connectivity index (χ4n) is 3.34. The van der Waals surface area contributed by atoms with E-state index in [1.807, 2.05) is 30.3 Å². The van der Waals surface area contributed by atoms with E-state index in [0.29, 0.717) is 10.8 Å². The van der Waals surface area contributed by atoms with Crippen LogP contribution in [0.4, 0.5) is 10.8 Å². The first kappa shape index (κ1) is 17.8. The van der Waals surface area contributed by atoms with Crippen molar-refractivity contribution in [2.45, 2.75) is 12.8 Å². The van der Waals surface area contributed by atoms with Gasteiger partial charge in [0.1, 0.15) is 0 Å². The maximum absolute atomic E-state index is 11.5. The predicted molar refractivity (Wildman–Crippen MR) is 112 cm³/mol. The van der Waals surface area contributed by atoms with Crippen LogP contribution in [0.5, 0.6) is 0 Å². The predicted octanol–water partition coefficient (Wildman–Crippen LogP) is 3.78. The summed E-state index contributed by atoms with van der Waals surface area (Å²) in [7, 11) is -3.32. The number of aryl methyl sites for hydroxylation is 2. The van der Waals surface area contributed by atoms with E-state index in [4.69, 9.17) is 5.73 Å². The third kappa shape index (κ3) is 3.89. The van der Waals surface area contributed by atoms with Gasteiger partial charge in [-0.2, -0.15) is 0 Å². The van der Waals surface area contributed by atoms with E-state index >= 15 is 0 Å². The number of nitrogens with one attached hydrogen (secondary N) is 1. The second-order valence-corrected chi connectivity index (χ2v) is 9.32. The highest BCUT2D eigenvalue weighted by atomic mass is 32.2. The molecule has 0 fully saturated rings. The summed E-state index contributed by atoms with van der Waals surface area (Å²) in [6.45, 7) is 0. The van der Waals surface area contributed by atoms with Crippen molar-refractivity contribution in [2.24, 2.45) is 0 Å². The van der Waals surface area contributed by atoms with Crippen LogP contribution in [0.1, 0.15) is 27.3 Å². The summed E-state index contributed by atoms with van der Waals surface area (Å²) in [6.07, 6.45) is 4.99. The van der Waals surface area contributed by atoms with Gasteiger partial charge in [-0.05, 0) is 47.7 Å². The number of nitrogen functional groups attached to an aromatic ring is 1. The van der Waals surface area contributed by atoms with Crippen LogP contribution < -0.4 is 10.5 Å². The van der Waals surface area contributed by atoms with E-state index in [0.717, 1.165) is 40.8 Å². The molecular formula is C20H19N3O2S2. The minimum atomic E-state index is -3.32. The maximum Gasteiger partial charge on any atom is 0.229 e. The minimum absolute atomic E-state index is 0.540. The van der Waals surface area contributed by atoms with Gasteiger partial charge in [0, 0.05) is 11.3 Å². The van der Waals surface area contributed by atoms with Gasteiger partial charge in [-0.15, -0.1) is 0 Å². The molecule has 1 aromatic heterocycles. The first-order valence-electron chi connectivity index (χ1n) is 8.52. The third-order valence-corrected chi connectivity index (χ3v) is 5.96. The molecule has 1 aliphatic carbocycles. The fraction of sp³-hybridized carbons (Fsp3) is 0.150. The Morgan fingerprint density at radius 3 is 2.78 bits per heavy atom. The van der Waals surface area contributed by atoms with Gasteiger partial charge in [0.25, 0.3) is 0 Å². The van der Waals surface area contributed by atoms with E-state index in [9.17, 15) is 8.42 Å². The largest absolute Gasteiger partial charge is 0.375 e. The number of aromatic nitrogens is 1. The molecule has 4 rings (SSSR count). The SMILES string of the molecule is CS(=O)(=O)Nc1cccc(C=C2c3ccccc3CCc3nc(N)sc32)c1. The van der Waals surface area contributed by atoms with Crippen LogP contribution in [0.2, 0.25) is 0 Å². The molecule has 27 heavy (non-hydrogen) atoms. The monoisotopic (exact) mass is 397 g/mol. The zero-order chi connectivity index (χ0) is 19.0. The molecule has 1 heterocycles. The Kier molecular flexibility index (Phi) is 4.49. The zero-order valence-corrected chi connectivity index (χ0v) is 16.4. The topological polar surface area (TPSA) is 85.1 Å². The van der Waals surface area contributed by atoms with E-state index < -0.39 is 10.0 Å². The zero-order valence-electron chi connectivity index (χ0n) is 14.8. The highest BCUT2D eigenvalue weighted by Crippen LogP contribution is 2.39. The molecule has 0 saturated heterocycles. The fourth-order valence-corrected chi connectivity index (χ4v) is 4.81. The van der Waals surface area contributed by atoms with Crippen LogP contribution in [0.15, 0.2) is 48.5 Å². The molecule has 1 aliphatic rings. The summed E-state index contributed by atoms with van der Waals surface area (Å²) >= 11 is 1.50. The van der Waals surface area contributed by atoms with Crippen molar-refractivity contribution in [3.05, 3.63) is 75.8 Å². The van der Waals surface area contributed by atoms with Gasteiger partial charge in [0.05, 0.1) is 16.8 Å². The number of anilines is 2. The number of thiazole rings is 1. The van der Waals surface area contributed by atoms with Gasteiger partial charge in [-0.3, -0.25) is 4.72 Å². The lowest BCUT2D eigenvalue weighted by Crippen LogP contribution is -2.09. The quantitative estimate of drug-likeness (QED) is 0.704. The van der Waals surface area contributed by atoms with Gasteiger partial charge in [0.15, 0.2) is 5.13 Å². The van der Waals surface area contributed by atoms with Crippen LogP contribution in [-0.4, -0.2) is 19.7 Å². The Balaban J connectivity index is 1.86. The molecule has 0 atom stereocenters. The molecule has 5 nitrogen and oxygen atoms in total. The number of hydrogen-bond acceptors (Lipinski definition) is 5. The summed E-state index contributed by atoms with van der Waals surface area (Å²) in [4.78, 5) is 5.60. The summed E-state index contributed by atoms with van der Waals surface area (Å²) in [6, 6.07) is 15.7. The highest BCUT2D eigenvalue weighted by Gasteiger charge is 2.21. The van der Waals surface area contributed by atoms with Gasteiger partial charge in [-0.25, -0.2) is 13.4 Å². The summed E-state index contributed by atoms with van der Waals surface area (Å²) in [5.41, 5.74) is 12.0. The Morgan fingerprint density at radius 2 is 1.96 bits per heavy atom. The first-order chi connectivity index (χ1) is 12.9. The minimum Gasteiger partial charge on any atom is -0.375 e. The third-order valence-electron chi connectivity index (χ3n) is 4.40. The summed E-state index contributed by atoms with van der Waals surface area (Å²) in [5, 5.41) is 0.567. The Labute approximate surface area is 162 Å². The van der Waals surface area contributed by atoms with Gasteiger partial charge in [-0.1, -0.05) is 47.7 Å². The number of nitrogens with zero attached hydrogens (tertiary/aromatic N) is 1. The molecule has 0 unspecified atom stereocenters. The lowest BCUT2D eigenvalue weighted by atomic mass is 9.97.